The number of hydrogen-bond acceptors (Lipinski definition) is 2. The molecule has 1 atom stereocenters. The number of likely N-dealkylation sites (tertiary alicyclic amines) is 1. The van der Waals surface area contributed by atoms with Crippen LogP contribution in [-0.4, -0.2) is 31.1 Å². The molecule has 1 aliphatic carbocycles. The third-order valence-electron chi connectivity index (χ3n) is 3.43. The van der Waals surface area contributed by atoms with Crippen LogP contribution >= 0.6 is 0 Å². The van der Waals surface area contributed by atoms with Crippen LogP contribution < -0.4 is 5.73 Å². The van der Waals surface area contributed by atoms with Gasteiger partial charge >= 0.3 is 0 Å². The van der Waals surface area contributed by atoms with Crippen LogP contribution in [0.3, 0.4) is 0 Å². The number of rotatable bonds is 2. The van der Waals surface area contributed by atoms with Crippen LogP contribution in [0, 0.1) is 11.8 Å². The molecule has 1 saturated carbocycles. The molecular weight excluding hydrogens is 148 g/mol. The van der Waals surface area contributed by atoms with Crippen LogP contribution in [-0.2, 0) is 0 Å². The van der Waals surface area contributed by atoms with Crippen molar-refractivity contribution in [3.8, 4) is 0 Å². The van der Waals surface area contributed by atoms with Crippen molar-refractivity contribution in [2.75, 3.05) is 20.1 Å². The maximum absolute atomic E-state index is 5.76. The SMILES string of the molecule is CN1CCC(CC2CC(N)C2)C1. The molecule has 2 N–H and O–H groups in total. The van der Waals surface area contributed by atoms with E-state index in [1.807, 2.05) is 0 Å². The van der Waals surface area contributed by atoms with E-state index >= 15 is 0 Å². The molecule has 1 saturated heterocycles. The second kappa shape index (κ2) is 3.35. The Labute approximate surface area is 75.1 Å². The van der Waals surface area contributed by atoms with Gasteiger partial charge in [-0.05, 0) is 51.1 Å². The van der Waals surface area contributed by atoms with E-state index in [0.717, 1.165) is 11.8 Å². The van der Waals surface area contributed by atoms with Crippen molar-refractivity contribution in [1.82, 2.24) is 4.90 Å². The number of nitrogens with two attached hydrogens (primary N) is 1. The van der Waals surface area contributed by atoms with E-state index in [4.69, 9.17) is 5.73 Å². The van der Waals surface area contributed by atoms with Crippen molar-refractivity contribution in [2.24, 2.45) is 17.6 Å². The molecule has 1 heterocycles. The highest BCUT2D eigenvalue weighted by molar-refractivity contribution is 4.85. The molecule has 1 unspecified atom stereocenters. The van der Waals surface area contributed by atoms with Crippen molar-refractivity contribution >= 4 is 0 Å². The zero-order valence-electron chi connectivity index (χ0n) is 8.00. The van der Waals surface area contributed by atoms with Gasteiger partial charge in [-0.3, -0.25) is 0 Å². The van der Waals surface area contributed by atoms with E-state index in [1.54, 1.807) is 0 Å². The fourth-order valence-electron chi connectivity index (χ4n) is 2.67. The van der Waals surface area contributed by atoms with E-state index in [1.165, 1.54) is 38.8 Å². The molecule has 0 aromatic carbocycles. The molecule has 70 valence electrons. The highest BCUT2D eigenvalue weighted by atomic mass is 15.1. The van der Waals surface area contributed by atoms with Crippen LogP contribution in [0.4, 0.5) is 0 Å². The Kier molecular flexibility index (Phi) is 2.37. The van der Waals surface area contributed by atoms with Crippen molar-refractivity contribution < 1.29 is 0 Å². The van der Waals surface area contributed by atoms with Gasteiger partial charge in [0.15, 0.2) is 0 Å². The lowest BCUT2D eigenvalue weighted by atomic mass is 9.75. The number of hydrogen-bond donors (Lipinski definition) is 1. The topological polar surface area (TPSA) is 29.3 Å². The predicted octanol–water partition coefficient (Wildman–Crippen LogP) is 1.07. The second-order valence-electron chi connectivity index (χ2n) is 4.75. The highest BCUT2D eigenvalue weighted by Crippen LogP contribution is 2.34. The van der Waals surface area contributed by atoms with Gasteiger partial charge in [0, 0.05) is 12.6 Å². The van der Waals surface area contributed by atoms with Crippen LogP contribution in [0.5, 0.6) is 0 Å². The molecule has 0 spiro atoms. The van der Waals surface area contributed by atoms with E-state index in [0.29, 0.717) is 6.04 Å². The van der Waals surface area contributed by atoms with Crippen LogP contribution in [0.2, 0.25) is 0 Å². The van der Waals surface area contributed by atoms with Gasteiger partial charge in [-0.15, -0.1) is 0 Å². The fraction of sp³-hybridized carbons (Fsp3) is 1.00. The molecule has 0 amide bonds. The maximum Gasteiger partial charge on any atom is 0.00441 e. The summed E-state index contributed by atoms with van der Waals surface area (Å²) < 4.78 is 0. The lowest BCUT2D eigenvalue weighted by molar-refractivity contribution is 0.215. The monoisotopic (exact) mass is 168 g/mol. The smallest absolute Gasteiger partial charge is 0.00441 e. The molecule has 1 aliphatic heterocycles. The van der Waals surface area contributed by atoms with Crippen LogP contribution in [0.15, 0.2) is 0 Å². The summed E-state index contributed by atoms with van der Waals surface area (Å²) >= 11 is 0. The summed E-state index contributed by atoms with van der Waals surface area (Å²) in [7, 11) is 2.23. The lowest BCUT2D eigenvalue weighted by Gasteiger charge is -2.34. The molecule has 2 nitrogen and oxygen atoms in total. The normalized spacial score (nSPS) is 43.0. The van der Waals surface area contributed by atoms with Gasteiger partial charge < -0.3 is 10.6 Å². The Morgan fingerprint density at radius 1 is 1.33 bits per heavy atom. The first-order valence-corrected chi connectivity index (χ1v) is 5.18. The van der Waals surface area contributed by atoms with Gasteiger partial charge in [0.1, 0.15) is 0 Å². The van der Waals surface area contributed by atoms with Gasteiger partial charge in [-0.1, -0.05) is 0 Å². The summed E-state index contributed by atoms with van der Waals surface area (Å²) in [6.07, 6.45) is 5.45. The van der Waals surface area contributed by atoms with Gasteiger partial charge in [-0.2, -0.15) is 0 Å². The molecule has 0 aromatic rings. The lowest BCUT2D eigenvalue weighted by Crippen LogP contribution is -2.37. The molecular formula is C10H20N2. The standard InChI is InChI=1S/C10H20N2/c1-12-3-2-8(7-12)4-9-5-10(11)6-9/h8-10H,2-7,11H2,1H3. The summed E-state index contributed by atoms with van der Waals surface area (Å²) in [6, 6.07) is 0.536. The summed E-state index contributed by atoms with van der Waals surface area (Å²) in [6.45, 7) is 2.63. The van der Waals surface area contributed by atoms with Crippen LogP contribution in [0.25, 0.3) is 0 Å². The molecule has 2 fully saturated rings. The molecule has 2 heteroatoms. The Bertz CT molecular complexity index is 152. The second-order valence-corrected chi connectivity index (χ2v) is 4.75. The molecule has 2 aliphatic rings. The summed E-state index contributed by atoms with van der Waals surface area (Å²) in [5.41, 5.74) is 5.76. The Balaban J connectivity index is 1.67. The average molecular weight is 168 g/mol. The first-order valence-electron chi connectivity index (χ1n) is 5.18. The van der Waals surface area contributed by atoms with E-state index < -0.39 is 0 Å². The molecule has 2 rings (SSSR count). The minimum atomic E-state index is 0.536. The van der Waals surface area contributed by atoms with Crippen molar-refractivity contribution in [2.45, 2.75) is 31.7 Å². The van der Waals surface area contributed by atoms with Gasteiger partial charge in [-0.25, -0.2) is 0 Å². The van der Waals surface area contributed by atoms with Gasteiger partial charge in [0.2, 0.25) is 0 Å². The third-order valence-corrected chi connectivity index (χ3v) is 3.43. The Morgan fingerprint density at radius 3 is 2.58 bits per heavy atom. The summed E-state index contributed by atoms with van der Waals surface area (Å²) in [5.74, 6) is 1.95. The zero-order chi connectivity index (χ0) is 8.55. The number of nitrogens with zero attached hydrogens (tertiary/aromatic N) is 1. The van der Waals surface area contributed by atoms with Gasteiger partial charge in [0.25, 0.3) is 0 Å². The largest absolute Gasteiger partial charge is 0.328 e. The fourth-order valence-corrected chi connectivity index (χ4v) is 2.67. The summed E-state index contributed by atoms with van der Waals surface area (Å²) in [4.78, 5) is 2.45. The van der Waals surface area contributed by atoms with Crippen molar-refractivity contribution in [1.29, 1.82) is 0 Å². The first kappa shape index (κ1) is 8.52. The Hall–Kier alpha value is -0.0800. The third kappa shape index (κ3) is 1.80. The van der Waals surface area contributed by atoms with Gasteiger partial charge in [0.05, 0.1) is 0 Å². The molecule has 0 radical (unpaired) electrons. The van der Waals surface area contributed by atoms with Crippen LogP contribution in [0.1, 0.15) is 25.7 Å². The average Bonchev–Trinajstić information content (AvgIpc) is 2.33. The highest BCUT2D eigenvalue weighted by Gasteiger charge is 2.30. The quantitative estimate of drug-likeness (QED) is 0.668. The van der Waals surface area contributed by atoms with E-state index in [9.17, 15) is 0 Å². The molecule has 0 bridgehead atoms. The van der Waals surface area contributed by atoms with Crippen molar-refractivity contribution in [3.05, 3.63) is 0 Å². The minimum Gasteiger partial charge on any atom is -0.328 e. The Morgan fingerprint density at radius 2 is 2.08 bits per heavy atom. The molecule has 12 heavy (non-hydrogen) atoms. The summed E-state index contributed by atoms with van der Waals surface area (Å²) in [5, 5.41) is 0. The molecule has 0 aromatic heterocycles. The van der Waals surface area contributed by atoms with E-state index in [2.05, 4.69) is 11.9 Å². The zero-order valence-corrected chi connectivity index (χ0v) is 8.00. The predicted molar refractivity (Wildman–Crippen MR) is 50.9 cm³/mol. The van der Waals surface area contributed by atoms with E-state index in [-0.39, 0.29) is 0 Å². The first-order chi connectivity index (χ1) is 5.74. The van der Waals surface area contributed by atoms with Crippen molar-refractivity contribution in [3.63, 3.8) is 0 Å². The minimum absolute atomic E-state index is 0.536. The maximum atomic E-state index is 5.76.